The van der Waals surface area contributed by atoms with Crippen molar-refractivity contribution in [1.82, 2.24) is 15.0 Å². The smallest absolute Gasteiger partial charge is 0.237 e. The summed E-state index contributed by atoms with van der Waals surface area (Å²) in [6.07, 6.45) is 2.60. The van der Waals surface area contributed by atoms with Gasteiger partial charge in [-0.15, -0.1) is 0 Å². The second kappa shape index (κ2) is 9.73. The van der Waals surface area contributed by atoms with Crippen LogP contribution >= 0.6 is 0 Å². The monoisotopic (exact) mass is 523 g/mol. The van der Waals surface area contributed by atoms with Crippen LogP contribution < -0.4 is 15.2 Å². The Morgan fingerprint density at radius 1 is 0.917 bits per heavy atom. The van der Waals surface area contributed by atoms with Crippen molar-refractivity contribution in [2.24, 2.45) is 0 Å². The topological polar surface area (TPSA) is 120 Å². The molecule has 36 heavy (non-hydrogen) atoms. The molecule has 0 spiro atoms. The molecule has 2 aromatic heterocycles. The van der Waals surface area contributed by atoms with Gasteiger partial charge in [-0.3, -0.25) is 4.72 Å². The lowest BCUT2D eigenvalue weighted by Gasteiger charge is -2.14. The maximum Gasteiger partial charge on any atom is 0.237 e. The number of nitrogen functional groups attached to an aromatic ring is 1. The average molecular weight is 523 g/mol. The number of sulfonamides is 1. The number of aromatic nitrogens is 3. The van der Waals surface area contributed by atoms with Crippen molar-refractivity contribution in [3.05, 3.63) is 89.5 Å². The van der Waals surface area contributed by atoms with Crippen molar-refractivity contribution in [3.63, 3.8) is 0 Å². The molecule has 0 atom stereocenters. The maximum absolute atomic E-state index is 14.8. The fourth-order valence-electron chi connectivity index (χ4n) is 3.09. The highest BCUT2D eigenvalue weighted by Gasteiger charge is 2.26. The highest BCUT2D eigenvalue weighted by atomic mass is 32.2. The Balaban J connectivity index is 1.64. The van der Waals surface area contributed by atoms with Crippen LogP contribution in [0.5, 0.6) is 11.6 Å². The molecule has 0 unspecified atom stereocenters. The molecular formula is C22H14F5N5O3S. The molecule has 2 aromatic carbocycles. The molecule has 0 saturated carbocycles. The summed E-state index contributed by atoms with van der Waals surface area (Å²) >= 11 is 0. The number of nitrogens with zero attached hydrogens (tertiary/aromatic N) is 3. The van der Waals surface area contributed by atoms with E-state index in [0.717, 1.165) is 6.07 Å². The molecule has 0 fully saturated rings. The van der Waals surface area contributed by atoms with Gasteiger partial charge in [0.1, 0.15) is 17.3 Å². The Morgan fingerprint density at radius 2 is 1.69 bits per heavy atom. The first-order valence-electron chi connectivity index (χ1n) is 9.88. The third-order valence-electron chi connectivity index (χ3n) is 4.66. The van der Waals surface area contributed by atoms with E-state index in [9.17, 15) is 30.4 Å². The molecule has 4 aromatic rings. The number of anilines is 2. The SMILES string of the molecule is Nc1nccc(-c2cccnc2Oc2cc(F)c(NS(=O)(=O)Cc3cc(F)ccc3F)c(F)c2F)n1. The van der Waals surface area contributed by atoms with Gasteiger partial charge in [0.05, 0.1) is 17.0 Å². The van der Waals surface area contributed by atoms with Crippen LogP contribution in [0.1, 0.15) is 5.56 Å². The number of nitrogens with two attached hydrogens (primary N) is 1. The Hall–Kier alpha value is -4.33. The summed E-state index contributed by atoms with van der Waals surface area (Å²) in [7, 11) is -4.69. The van der Waals surface area contributed by atoms with Crippen LogP contribution in [0.15, 0.2) is 54.9 Å². The molecule has 0 saturated heterocycles. The van der Waals surface area contributed by atoms with Gasteiger partial charge in [0.2, 0.25) is 27.7 Å². The van der Waals surface area contributed by atoms with E-state index < -0.39 is 61.9 Å². The number of rotatable bonds is 7. The fourth-order valence-corrected chi connectivity index (χ4v) is 4.29. The molecule has 8 nitrogen and oxygen atoms in total. The Bertz CT molecular complexity index is 1570. The molecule has 186 valence electrons. The van der Waals surface area contributed by atoms with Crippen molar-refractivity contribution in [3.8, 4) is 22.9 Å². The fraction of sp³-hybridized carbons (Fsp3) is 0.0455. The summed E-state index contributed by atoms with van der Waals surface area (Å²) in [5.74, 6) is -9.71. The van der Waals surface area contributed by atoms with Crippen LogP contribution in [-0.4, -0.2) is 23.4 Å². The highest BCUT2D eigenvalue weighted by Crippen LogP contribution is 2.35. The number of ether oxygens (including phenoxy) is 1. The number of nitrogens with one attached hydrogen (secondary N) is 1. The van der Waals surface area contributed by atoms with Crippen molar-refractivity contribution in [1.29, 1.82) is 0 Å². The van der Waals surface area contributed by atoms with E-state index in [1.54, 1.807) is 0 Å². The summed E-state index contributed by atoms with van der Waals surface area (Å²) in [6, 6.07) is 6.87. The minimum absolute atomic E-state index is 0.0830. The van der Waals surface area contributed by atoms with Gasteiger partial charge in [0, 0.05) is 24.0 Å². The molecule has 0 amide bonds. The third-order valence-corrected chi connectivity index (χ3v) is 5.87. The van der Waals surface area contributed by atoms with E-state index in [0.29, 0.717) is 18.2 Å². The summed E-state index contributed by atoms with van der Waals surface area (Å²) in [6.45, 7) is 0. The molecule has 0 aliphatic carbocycles. The number of halogens is 5. The Kier molecular flexibility index (Phi) is 6.70. The molecule has 2 heterocycles. The van der Waals surface area contributed by atoms with Crippen LogP contribution in [0, 0.1) is 29.1 Å². The molecule has 0 radical (unpaired) electrons. The van der Waals surface area contributed by atoms with Crippen LogP contribution in [0.4, 0.5) is 33.6 Å². The molecule has 0 aliphatic heterocycles. The summed E-state index contributed by atoms with van der Waals surface area (Å²) in [5, 5.41) is 0. The number of pyridine rings is 1. The van der Waals surface area contributed by atoms with Crippen molar-refractivity contribution in [2.45, 2.75) is 5.75 Å². The Morgan fingerprint density at radius 3 is 2.44 bits per heavy atom. The summed E-state index contributed by atoms with van der Waals surface area (Å²) < 4.78 is 103. The van der Waals surface area contributed by atoms with Crippen LogP contribution in [-0.2, 0) is 15.8 Å². The van der Waals surface area contributed by atoms with E-state index in [1.807, 2.05) is 0 Å². The van der Waals surface area contributed by atoms with Crippen LogP contribution in [0.3, 0.4) is 0 Å². The second-order valence-corrected chi connectivity index (χ2v) is 8.94. The van der Waals surface area contributed by atoms with E-state index in [1.165, 1.54) is 35.3 Å². The van der Waals surface area contributed by atoms with Gasteiger partial charge in [-0.1, -0.05) is 0 Å². The van der Waals surface area contributed by atoms with E-state index >= 15 is 0 Å². The van der Waals surface area contributed by atoms with Gasteiger partial charge in [-0.2, -0.15) is 4.39 Å². The number of hydrogen-bond donors (Lipinski definition) is 2. The molecule has 14 heteroatoms. The van der Waals surface area contributed by atoms with Gasteiger partial charge in [0.15, 0.2) is 17.4 Å². The lowest BCUT2D eigenvalue weighted by Crippen LogP contribution is -2.18. The second-order valence-electron chi connectivity index (χ2n) is 7.21. The van der Waals surface area contributed by atoms with Gasteiger partial charge in [-0.25, -0.2) is 40.9 Å². The molecule has 3 N–H and O–H groups in total. The van der Waals surface area contributed by atoms with Crippen molar-refractivity contribution >= 4 is 21.7 Å². The van der Waals surface area contributed by atoms with Crippen LogP contribution in [0.25, 0.3) is 11.3 Å². The largest absolute Gasteiger partial charge is 0.435 e. The van der Waals surface area contributed by atoms with Gasteiger partial charge < -0.3 is 10.5 Å². The maximum atomic E-state index is 14.8. The standard InChI is InChI=1S/C22H14F5N5O3S/c23-12-3-4-14(24)11(8-12)10-36(33,34)32-20-15(25)9-17(18(26)19(20)27)35-21-13(2-1-6-29-21)16-5-7-30-22(28)31-16/h1-9,32H,10H2,(H2,28,30,31). The predicted molar refractivity (Wildman–Crippen MR) is 119 cm³/mol. The zero-order valence-corrected chi connectivity index (χ0v) is 18.7. The normalized spacial score (nSPS) is 11.4. The molecular weight excluding hydrogens is 509 g/mol. The van der Waals surface area contributed by atoms with E-state index in [-0.39, 0.29) is 23.1 Å². The van der Waals surface area contributed by atoms with E-state index in [4.69, 9.17) is 10.5 Å². The van der Waals surface area contributed by atoms with Gasteiger partial charge in [0.25, 0.3) is 0 Å². The third kappa shape index (κ3) is 5.33. The molecule has 4 rings (SSSR count). The first kappa shape index (κ1) is 24.8. The zero-order valence-electron chi connectivity index (χ0n) is 17.8. The van der Waals surface area contributed by atoms with Gasteiger partial charge >= 0.3 is 0 Å². The predicted octanol–water partition coefficient (Wildman–Crippen LogP) is 4.55. The van der Waals surface area contributed by atoms with Gasteiger partial charge in [-0.05, 0) is 36.4 Å². The quantitative estimate of drug-likeness (QED) is 0.269. The average Bonchev–Trinajstić information content (AvgIpc) is 2.83. The first-order chi connectivity index (χ1) is 17.0. The van der Waals surface area contributed by atoms with Crippen molar-refractivity contribution < 1.29 is 35.1 Å². The lowest BCUT2D eigenvalue weighted by molar-refractivity contribution is 0.401. The summed E-state index contributed by atoms with van der Waals surface area (Å²) in [4.78, 5) is 11.6. The lowest BCUT2D eigenvalue weighted by atomic mass is 10.2. The number of hydrogen-bond acceptors (Lipinski definition) is 7. The summed E-state index contributed by atoms with van der Waals surface area (Å²) in [5.41, 5.74) is 3.99. The highest BCUT2D eigenvalue weighted by molar-refractivity contribution is 7.91. The minimum Gasteiger partial charge on any atom is -0.435 e. The number of benzene rings is 2. The van der Waals surface area contributed by atoms with Crippen molar-refractivity contribution in [2.75, 3.05) is 10.5 Å². The minimum atomic E-state index is -4.69. The molecule has 0 bridgehead atoms. The molecule has 0 aliphatic rings. The van der Waals surface area contributed by atoms with E-state index in [2.05, 4.69) is 15.0 Å². The first-order valence-corrected chi connectivity index (χ1v) is 11.5. The van der Waals surface area contributed by atoms with Crippen LogP contribution in [0.2, 0.25) is 0 Å². The zero-order chi connectivity index (χ0) is 26.0. The Labute approximate surface area is 200 Å².